The second-order valence-corrected chi connectivity index (χ2v) is 3.27. The molecule has 1 aliphatic rings. The molecule has 0 saturated carbocycles. The van der Waals surface area contributed by atoms with Gasteiger partial charge in [-0.15, -0.1) is 0 Å². The Bertz CT molecular complexity index is 129. The second kappa shape index (κ2) is 9.67. The van der Waals surface area contributed by atoms with Gasteiger partial charge in [0.25, 0.3) is 0 Å². The van der Waals surface area contributed by atoms with Crippen molar-refractivity contribution in [1.82, 2.24) is 0 Å². The van der Waals surface area contributed by atoms with E-state index in [4.69, 9.17) is 3.47 Å². The summed E-state index contributed by atoms with van der Waals surface area (Å²) in [7, 11) is 0. The Morgan fingerprint density at radius 2 is 2.15 bits per heavy atom. The zero-order chi connectivity index (χ0) is 9.56. The molecule has 13 heavy (non-hydrogen) atoms. The van der Waals surface area contributed by atoms with Gasteiger partial charge in [0.2, 0.25) is 0 Å². The fourth-order valence-electron chi connectivity index (χ4n) is 1.66. The maximum absolute atomic E-state index is 11.2. The molecular weight excluding hydrogens is 445 g/mol. The first-order chi connectivity index (χ1) is 5.75. The monoisotopic (exact) mass is 462 g/mol. The quantitative estimate of drug-likeness (QED) is 0.537. The molecule has 0 aromatic carbocycles. The molecule has 87 valence electrons. The van der Waals surface area contributed by atoms with Crippen LogP contribution in [0.3, 0.4) is 0 Å². The van der Waals surface area contributed by atoms with E-state index >= 15 is 0 Å². The minimum atomic E-state index is -0.324. The van der Waals surface area contributed by atoms with Crippen LogP contribution in [0.4, 0.5) is 0 Å². The van der Waals surface area contributed by atoms with Crippen LogP contribution in [0.2, 0.25) is 0 Å². The average Bonchev–Trinajstić information content (AvgIpc) is 2.54. The van der Waals surface area contributed by atoms with Crippen LogP contribution in [0.15, 0.2) is 0 Å². The van der Waals surface area contributed by atoms with Crippen LogP contribution in [0, 0.1) is 0 Å². The van der Waals surface area contributed by atoms with Crippen LogP contribution in [0.1, 0.15) is 33.1 Å². The Morgan fingerprint density at radius 3 is 2.46 bits per heavy atom. The number of hydrogen-bond acceptors (Lipinski definition) is 2. The summed E-state index contributed by atoms with van der Waals surface area (Å²) in [6, 6.07) is 0.574. The average molecular weight is 463 g/mol. The Balaban J connectivity index is 0. The van der Waals surface area contributed by atoms with Gasteiger partial charge in [-0.25, -0.2) is 0 Å². The van der Waals surface area contributed by atoms with Crippen molar-refractivity contribution in [3.8, 4) is 0 Å². The van der Waals surface area contributed by atoms with E-state index in [0.29, 0.717) is 6.04 Å². The van der Waals surface area contributed by atoms with Crippen LogP contribution in [-0.2, 0) is 45.0 Å². The molecule has 1 aliphatic heterocycles. The van der Waals surface area contributed by atoms with Gasteiger partial charge in [-0.3, -0.25) is 0 Å². The van der Waals surface area contributed by atoms with E-state index < -0.39 is 0 Å². The third-order valence-corrected chi connectivity index (χ3v) is 2.59. The standard InChI is InChI=1S/C8H16NO.Au.O.Pd/c1-3-7(2)9-6-4-5-8(9)10;;;/h7-8H,3-6H2,1-2H3;;;/q-1;;;/p+1. The maximum atomic E-state index is 11.2. The molecule has 1 saturated heterocycles. The molecule has 0 aromatic heterocycles. The van der Waals surface area contributed by atoms with Gasteiger partial charge in [-0.1, -0.05) is 6.92 Å². The summed E-state index contributed by atoms with van der Waals surface area (Å²) in [5.41, 5.74) is 0. The molecule has 5 heteroatoms. The van der Waals surface area contributed by atoms with Crippen LogP contribution in [-0.4, -0.2) is 18.8 Å². The number of rotatable bonds is 2. The molecular formula is C8H17AuNO2Pd. The van der Waals surface area contributed by atoms with Crippen molar-refractivity contribution in [1.29, 1.82) is 0 Å². The van der Waals surface area contributed by atoms with E-state index in [-0.39, 0.29) is 28.6 Å². The summed E-state index contributed by atoms with van der Waals surface area (Å²) in [6.07, 6.45) is 2.83. The van der Waals surface area contributed by atoms with E-state index in [2.05, 4.69) is 13.8 Å². The predicted octanol–water partition coefficient (Wildman–Crippen LogP) is -0.974. The van der Waals surface area contributed by atoms with Gasteiger partial charge in [-0.05, 0) is 19.8 Å². The van der Waals surface area contributed by atoms with Crippen molar-refractivity contribution in [3.63, 3.8) is 0 Å². The first-order valence-electron chi connectivity index (χ1n) is 4.40. The predicted molar refractivity (Wildman–Crippen MR) is 39.3 cm³/mol. The first-order valence-corrected chi connectivity index (χ1v) is 5.03. The molecule has 1 rings (SSSR count). The summed E-state index contributed by atoms with van der Waals surface area (Å²) >= 11 is 1.50. The number of nitrogens with one attached hydrogen (secondary N) is 1. The van der Waals surface area contributed by atoms with Crippen LogP contribution >= 0.6 is 0 Å². The number of quaternary nitrogens is 1. The molecule has 1 radical (unpaired) electrons. The topological polar surface area (TPSA) is 44.6 Å². The van der Waals surface area contributed by atoms with E-state index in [1.807, 2.05) is 0 Å². The van der Waals surface area contributed by atoms with Gasteiger partial charge in [0, 0.05) is 35.0 Å². The van der Waals surface area contributed by atoms with Crippen molar-refractivity contribution < 1.29 is 55.0 Å². The van der Waals surface area contributed by atoms with E-state index in [0.717, 1.165) is 25.8 Å². The van der Waals surface area contributed by atoms with Gasteiger partial charge in [0.05, 0.1) is 12.6 Å². The molecule has 0 spiro atoms. The van der Waals surface area contributed by atoms with Crippen LogP contribution in [0.5, 0.6) is 0 Å². The van der Waals surface area contributed by atoms with Gasteiger partial charge < -0.3 is 10.0 Å². The molecule has 1 fully saturated rings. The van der Waals surface area contributed by atoms with E-state index in [9.17, 15) is 5.11 Å². The van der Waals surface area contributed by atoms with E-state index in [1.54, 1.807) is 0 Å². The summed E-state index contributed by atoms with van der Waals surface area (Å²) in [6.45, 7) is 5.43. The Morgan fingerprint density at radius 1 is 1.62 bits per heavy atom. The number of hydrogen-bond donors (Lipinski definition) is 1. The van der Waals surface area contributed by atoms with Gasteiger partial charge in [-0.2, -0.15) is 0 Å². The Kier molecular flexibility index (Phi) is 12.3. The fourth-order valence-corrected chi connectivity index (χ4v) is 1.66. The van der Waals surface area contributed by atoms with Gasteiger partial charge in [0.1, 0.15) is 0 Å². The molecule has 1 N–H and O–H groups in total. The molecule has 3 unspecified atom stereocenters. The SMILES string of the molecule is CCC(C)[NH+]1CCCC1[O-].[Au].[O]=[Pd]. The number of likely N-dealkylation sites (tertiary alicyclic amines) is 1. The van der Waals surface area contributed by atoms with Crippen molar-refractivity contribution in [3.05, 3.63) is 0 Å². The summed E-state index contributed by atoms with van der Waals surface area (Å²) in [4.78, 5) is 1.28. The zero-order valence-electron chi connectivity index (χ0n) is 7.92. The van der Waals surface area contributed by atoms with Crippen molar-refractivity contribution in [2.45, 2.75) is 45.4 Å². The molecule has 3 nitrogen and oxygen atoms in total. The summed E-state index contributed by atoms with van der Waals surface area (Å²) in [5.74, 6) is 0. The summed E-state index contributed by atoms with van der Waals surface area (Å²) in [5, 5.41) is 11.2. The van der Waals surface area contributed by atoms with Crippen molar-refractivity contribution in [2.24, 2.45) is 0 Å². The molecule has 0 aromatic rings. The minimum absolute atomic E-state index is 0. The van der Waals surface area contributed by atoms with Gasteiger partial charge >= 0.3 is 22.6 Å². The van der Waals surface area contributed by atoms with E-state index in [1.165, 1.54) is 24.1 Å². The van der Waals surface area contributed by atoms with Crippen LogP contribution < -0.4 is 10.0 Å². The van der Waals surface area contributed by atoms with Gasteiger partial charge in [0.15, 0.2) is 0 Å². The van der Waals surface area contributed by atoms with Crippen LogP contribution in [0.25, 0.3) is 0 Å². The third kappa shape index (κ3) is 5.54. The first kappa shape index (κ1) is 16.5. The molecule has 0 bridgehead atoms. The molecule has 0 aliphatic carbocycles. The second-order valence-electron chi connectivity index (χ2n) is 3.27. The molecule has 1 heterocycles. The van der Waals surface area contributed by atoms with Crippen molar-refractivity contribution in [2.75, 3.05) is 6.54 Å². The third-order valence-electron chi connectivity index (χ3n) is 2.59. The zero-order valence-corrected chi connectivity index (χ0v) is 11.6. The molecule has 3 atom stereocenters. The Labute approximate surface area is 106 Å². The van der Waals surface area contributed by atoms with Crippen molar-refractivity contribution >= 4 is 0 Å². The Hall–Kier alpha value is 1.12. The fraction of sp³-hybridized carbons (Fsp3) is 1.00. The normalized spacial score (nSPS) is 28.4. The summed E-state index contributed by atoms with van der Waals surface area (Å²) < 4.78 is 8.10. The molecule has 0 amide bonds.